The van der Waals surface area contributed by atoms with Crippen LogP contribution in [0.5, 0.6) is 0 Å². The quantitative estimate of drug-likeness (QED) is 0.431. The number of carbonyl (C=O) groups is 2. The minimum Gasteiger partial charge on any atom is -0.382 e. The number of nitrogens with one attached hydrogen (secondary N) is 3. The van der Waals surface area contributed by atoms with Crippen LogP contribution in [0.1, 0.15) is 45.7 Å². The number of anilines is 1. The fraction of sp³-hybridized carbons (Fsp3) is 0.280. The number of benzene rings is 2. The van der Waals surface area contributed by atoms with Gasteiger partial charge in [0.15, 0.2) is 23.1 Å². The molecule has 1 atom stereocenters. The lowest BCUT2D eigenvalue weighted by molar-refractivity contribution is 0.0928. The van der Waals surface area contributed by atoms with E-state index in [9.17, 15) is 18.4 Å². The van der Waals surface area contributed by atoms with Gasteiger partial charge in [0.25, 0.3) is 11.8 Å². The smallest absolute Gasteiger partial charge is 0.274 e. The maximum Gasteiger partial charge on any atom is 0.274 e. The molecule has 8 nitrogen and oxygen atoms in total. The van der Waals surface area contributed by atoms with E-state index in [2.05, 4.69) is 25.9 Å². The molecule has 2 heterocycles. The zero-order valence-electron chi connectivity index (χ0n) is 19.0. The fourth-order valence-corrected chi connectivity index (χ4v) is 3.88. The minimum absolute atomic E-state index is 0.0128. The largest absolute Gasteiger partial charge is 0.382 e. The second-order valence-corrected chi connectivity index (χ2v) is 8.34. The van der Waals surface area contributed by atoms with Gasteiger partial charge in [0.2, 0.25) is 0 Å². The molecule has 2 aromatic carbocycles. The molecule has 0 bridgehead atoms. The van der Waals surface area contributed by atoms with Crippen LogP contribution in [0.3, 0.4) is 0 Å². The first-order valence-electron chi connectivity index (χ1n) is 11.4. The Morgan fingerprint density at radius 2 is 1.94 bits per heavy atom. The van der Waals surface area contributed by atoms with E-state index in [0.717, 1.165) is 31.9 Å². The van der Waals surface area contributed by atoms with Gasteiger partial charge in [-0.05, 0) is 37.6 Å². The molecule has 0 spiro atoms. The Kier molecular flexibility index (Phi) is 7.61. The third kappa shape index (κ3) is 5.96. The molecular weight excluding hydrogens is 454 g/mol. The summed E-state index contributed by atoms with van der Waals surface area (Å²) in [7, 11) is 0. The fourth-order valence-electron chi connectivity index (χ4n) is 3.88. The van der Waals surface area contributed by atoms with E-state index in [1.807, 2.05) is 0 Å². The number of nitrogens with zero attached hydrogens (tertiary/aromatic N) is 2. The monoisotopic (exact) mass is 480 g/mol. The van der Waals surface area contributed by atoms with Crippen molar-refractivity contribution in [1.29, 1.82) is 0 Å². The van der Waals surface area contributed by atoms with Crippen LogP contribution in [0.25, 0.3) is 11.3 Å². The molecule has 1 saturated heterocycles. The molecule has 1 unspecified atom stereocenters. The minimum atomic E-state index is -0.996. The summed E-state index contributed by atoms with van der Waals surface area (Å²) >= 11 is 0. The van der Waals surface area contributed by atoms with Crippen molar-refractivity contribution in [2.45, 2.75) is 31.8 Å². The Morgan fingerprint density at radius 3 is 2.80 bits per heavy atom. The van der Waals surface area contributed by atoms with Crippen molar-refractivity contribution in [3.05, 3.63) is 77.1 Å². The highest BCUT2D eigenvalue weighted by atomic mass is 19.2. The van der Waals surface area contributed by atoms with Crippen molar-refractivity contribution in [3.63, 3.8) is 0 Å². The molecule has 10 heteroatoms. The second-order valence-electron chi connectivity index (χ2n) is 8.34. The maximum absolute atomic E-state index is 13.9. The number of rotatable bonds is 6. The normalized spacial score (nSPS) is 15.8. The molecule has 2 amide bonds. The van der Waals surface area contributed by atoms with Crippen LogP contribution in [0.2, 0.25) is 0 Å². The molecule has 1 aromatic heterocycles. The first-order chi connectivity index (χ1) is 16.9. The van der Waals surface area contributed by atoms with Gasteiger partial charge in [0.1, 0.15) is 0 Å². The van der Waals surface area contributed by atoms with Gasteiger partial charge in [-0.3, -0.25) is 9.59 Å². The van der Waals surface area contributed by atoms with Crippen LogP contribution < -0.4 is 21.7 Å². The standard InChI is InChI=1S/C25H26F2N6O2/c26-19-9-4-7-17(21(19)27)12-31-24(34)16-6-3-5-15(11-16)20-14-30-23(28)22(33-20)25(35)32-18-8-1-2-10-29-13-18/h3-7,9,11,14,18,29H,1-2,8,10,12-13H2,(H2,28,30)(H,31,34)(H,32,35). The summed E-state index contributed by atoms with van der Waals surface area (Å²) < 4.78 is 27.2. The van der Waals surface area contributed by atoms with Gasteiger partial charge in [-0.2, -0.15) is 0 Å². The van der Waals surface area contributed by atoms with Crippen molar-refractivity contribution in [2.24, 2.45) is 0 Å². The van der Waals surface area contributed by atoms with E-state index >= 15 is 0 Å². The van der Waals surface area contributed by atoms with Crippen LogP contribution in [0.15, 0.2) is 48.7 Å². The van der Waals surface area contributed by atoms with E-state index in [1.54, 1.807) is 24.3 Å². The lowest BCUT2D eigenvalue weighted by atomic mass is 10.1. The molecule has 3 aromatic rings. The molecule has 182 valence electrons. The zero-order valence-corrected chi connectivity index (χ0v) is 19.0. The van der Waals surface area contributed by atoms with Crippen molar-refractivity contribution in [1.82, 2.24) is 25.9 Å². The van der Waals surface area contributed by atoms with Crippen LogP contribution in [0, 0.1) is 11.6 Å². The molecule has 1 aliphatic rings. The molecule has 0 aliphatic carbocycles. The number of halogens is 2. The first-order valence-corrected chi connectivity index (χ1v) is 11.4. The summed E-state index contributed by atoms with van der Waals surface area (Å²) in [6.45, 7) is 1.43. The lowest BCUT2D eigenvalue weighted by Gasteiger charge is -2.16. The Labute approximate surface area is 201 Å². The predicted molar refractivity (Wildman–Crippen MR) is 127 cm³/mol. The summed E-state index contributed by atoms with van der Waals surface area (Å²) in [6, 6.07) is 10.3. The van der Waals surface area contributed by atoms with Crippen LogP contribution in [-0.2, 0) is 6.54 Å². The van der Waals surface area contributed by atoms with Gasteiger partial charge in [-0.1, -0.05) is 30.7 Å². The molecule has 0 saturated carbocycles. The highest BCUT2D eigenvalue weighted by molar-refractivity contribution is 5.97. The summed E-state index contributed by atoms with van der Waals surface area (Å²) in [5.74, 6) is -2.84. The molecule has 1 aliphatic heterocycles. The Hall–Kier alpha value is -3.92. The van der Waals surface area contributed by atoms with Gasteiger partial charge in [0, 0.05) is 35.8 Å². The topological polar surface area (TPSA) is 122 Å². The number of aromatic nitrogens is 2. The molecular formula is C25H26F2N6O2. The SMILES string of the molecule is Nc1ncc(-c2cccc(C(=O)NCc3cccc(F)c3F)c2)nc1C(=O)NC1CCCCNC1. The average Bonchev–Trinajstić information content (AvgIpc) is 3.13. The Bertz CT molecular complexity index is 1230. The van der Waals surface area contributed by atoms with E-state index < -0.39 is 23.4 Å². The van der Waals surface area contributed by atoms with Gasteiger partial charge < -0.3 is 21.7 Å². The average molecular weight is 481 g/mol. The van der Waals surface area contributed by atoms with Crippen LogP contribution in [0.4, 0.5) is 14.6 Å². The number of carbonyl (C=O) groups excluding carboxylic acids is 2. The number of nitrogens with two attached hydrogens (primary N) is 1. The van der Waals surface area contributed by atoms with E-state index in [4.69, 9.17) is 5.73 Å². The summed E-state index contributed by atoms with van der Waals surface area (Å²) in [5.41, 5.74) is 7.19. The van der Waals surface area contributed by atoms with Gasteiger partial charge in [-0.25, -0.2) is 18.7 Å². The molecule has 0 radical (unpaired) electrons. The first kappa shape index (κ1) is 24.2. The Balaban J connectivity index is 1.49. The number of amides is 2. The van der Waals surface area contributed by atoms with Crippen molar-refractivity contribution >= 4 is 17.6 Å². The molecule has 1 fully saturated rings. The summed E-state index contributed by atoms with van der Waals surface area (Å²) in [5, 5.41) is 8.83. The van der Waals surface area contributed by atoms with Gasteiger partial charge in [0.05, 0.1) is 11.9 Å². The van der Waals surface area contributed by atoms with Gasteiger partial charge in [-0.15, -0.1) is 0 Å². The van der Waals surface area contributed by atoms with Crippen LogP contribution in [-0.4, -0.2) is 40.9 Å². The van der Waals surface area contributed by atoms with E-state index in [1.165, 1.54) is 18.3 Å². The van der Waals surface area contributed by atoms with E-state index in [0.29, 0.717) is 17.8 Å². The Morgan fingerprint density at radius 1 is 1.11 bits per heavy atom. The number of nitrogen functional groups attached to an aromatic ring is 1. The van der Waals surface area contributed by atoms with Gasteiger partial charge >= 0.3 is 0 Å². The maximum atomic E-state index is 13.9. The number of hydrogen-bond acceptors (Lipinski definition) is 6. The van der Waals surface area contributed by atoms with E-state index in [-0.39, 0.29) is 35.2 Å². The van der Waals surface area contributed by atoms with Crippen LogP contribution >= 0.6 is 0 Å². The molecule has 5 N–H and O–H groups in total. The van der Waals surface area contributed by atoms with Crippen molar-refractivity contribution in [2.75, 3.05) is 18.8 Å². The lowest BCUT2D eigenvalue weighted by Crippen LogP contribution is -2.41. The van der Waals surface area contributed by atoms with Crippen molar-refractivity contribution in [3.8, 4) is 11.3 Å². The summed E-state index contributed by atoms with van der Waals surface area (Å²) in [6.07, 6.45) is 4.37. The zero-order chi connectivity index (χ0) is 24.8. The molecule has 4 rings (SSSR count). The number of hydrogen-bond donors (Lipinski definition) is 4. The third-order valence-electron chi connectivity index (χ3n) is 5.79. The second kappa shape index (κ2) is 11.0. The highest BCUT2D eigenvalue weighted by Gasteiger charge is 2.20. The highest BCUT2D eigenvalue weighted by Crippen LogP contribution is 2.20. The molecule has 35 heavy (non-hydrogen) atoms. The predicted octanol–water partition coefficient (Wildman–Crippen LogP) is 2.81. The van der Waals surface area contributed by atoms with Crippen molar-refractivity contribution < 1.29 is 18.4 Å². The third-order valence-corrected chi connectivity index (χ3v) is 5.79. The summed E-state index contributed by atoms with van der Waals surface area (Å²) in [4.78, 5) is 34.0.